The largest absolute Gasteiger partial charge is 0.493 e. The lowest BCUT2D eigenvalue weighted by Crippen LogP contribution is -2.44. The number of aromatic nitrogens is 3. The Labute approximate surface area is 310 Å². The van der Waals surface area contributed by atoms with Gasteiger partial charge in [0.2, 0.25) is 0 Å². The normalized spacial score (nSPS) is 15.3. The summed E-state index contributed by atoms with van der Waals surface area (Å²) in [5.41, 5.74) is 6.93. The Morgan fingerprint density at radius 1 is 0.849 bits per heavy atom. The van der Waals surface area contributed by atoms with E-state index in [2.05, 4.69) is 59.3 Å². The van der Waals surface area contributed by atoms with E-state index in [1.54, 1.807) is 0 Å². The fourth-order valence-corrected chi connectivity index (χ4v) is 7.97. The summed E-state index contributed by atoms with van der Waals surface area (Å²) in [5, 5.41) is 18.9. The van der Waals surface area contributed by atoms with Crippen molar-refractivity contribution in [2.24, 2.45) is 7.05 Å². The maximum Gasteiger partial charge on any atom is 0.352 e. The number of ether oxygens (including phenoxy) is 3. The molecule has 6 aromatic rings. The fourth-order valence-electron chi connectivity index (χ4n) is 7.97. The molecule has 0 radical (unpaired) electrons. The van der Waals surface area contributed by atoms with E-state index in [1.165, 1.54) is 5.69 Å². The highest BCUT2D eigenvalue weighted by Crippen LogP contribution is 2.39. The molecule has 1 N–H and O–H groups in total. The first-order valence-corrected chi connectivity index (χ1v) is 18.7. The number of likely N-dealkylation sites (N-methyl/N-ethyl adjacent to an activating group) is 1. The number of aromatic carboxylic acids is 1. The minimum Gasteiger partial charge on any atom is -0.493 e. The van der Waals surface area contributed by atoms with Crippen LogP contribution in [0.1, 0.15) is 46.7 Å². The molecule has 1 fully saturated rings. The Hall–Kier alpha value is -5.32. The summed E-state index contributed by atoms with van der Waals surface area (Å²) in [4.78, 5) is 17.9. The van der Waals surface area contributed by atoms with E-state index in [0.717, 1.165) is 100 Å². The van der Waals surface area contributed by atoms with Gasteiger partial charge in [-0.1, -0.05) is 54.6 Å². The third-order valence-corrected chi connectivity index (χ3v) is 10.7. The van der Waals surface area contributed by atoms with Gasteiger partial charge in [0, 0.05) is 74.0 Å². The van der Waals surface area contributed by atoms with Crippen LogP contribution < -0.4 is 14.4 Å². The monoisotopic (exact) mass is 713 g/mol. The number of piperazine rings is 1. The van der Waals surface area contributed by atoms with Crippen LogP contribution >= 0.6 is 0 Å². The van der Waals surface area contributed by atoms with Gasteiger partial charge >= 0.3 is 5.97 Å². The van der Waals surface area contributed by atoms with Crippen molar-refractivity contribution in [3.8, 4) is 22.6 Å². The number of aryl methyl sites for hydroxylation is 3. The Morgan fingerprint density at radius 2 is 1.62 bits per heavy atom. The third-order valence-electron chi connectivity index (χ3n) is 10.7. The molecular weight excluding hydrogens is 667 g/mol. The number of hydrogen-bond donors (Lipinski definition) is 1. The number of hydrogen-bond acceptors (Lipinski definition) is 7. The summed E-state index contributed by atoms with van der Waals surface area (Å²) in [6, 6.07) is 28.8. The van der Waals surface area contributed by atoms with Crippen molar-refractivity contribution in [2.75, 3.05) is 51.3 Å². The van der Waals surface area contributed by atoms with Gasteiger partial charge in [-0.2, -0.15) is 5.10 Å². The van der Waals surface area contributed by atoms with Crippen LogP contribution in [0.5, 0.6) is 11.5 Å². The average molecular weight is 714 g/mol. The minimum absolute atomic E-state index is 0.262. The fraction of sp³-hybridized carbons (Fsp3) is 0.349. The minimum atomic E-state index is -0.918. The standard InChI is InChI=1S/C43H47N5O5/c1-45-22-24-47(25-23-45)31-17-19-32(20-18-31)53-28-37-40-36-14-8-13-34-35(15-9-27-52-39-16-7-11-30-10-3-4-12-33(30)39)42(43(49)50)48(41(34)36)21-5-6-26-51-29-38(40)46(2)44-37/h3-4,7-8,10-14,16-20H,5-6,9,15,21-29H2,1-2H3,(H,49,50). The van der Waals surface area contributed by atoms with Gasteiger partial charge < -0.3 is 33.7 Å². The second kappa shape index (κ2) is 15.3. The first kappa shape index (κ1) is 34.7. The Balaban J connectivity index is 1.11. The molecule has 0 amide bonds. The third kappa shape index (κ3) is 7.09. The zero-order valence-corrected chi connectivity index (χ0v) is 30.6. The van der Waals surface area contributed by atoms with Gasteiger partial charge in [0.15, 0.2) is 0 Å². The molecule has 10 heteroatoms. The van der Waals surface area contributed by atoms with Gasteiger partial charge in [-0.3, -0.25) is 4.68 Å². The Morgan fingerprint density at radius 3 is 2.45 bits per heavy atom. The van der Waals surface area contributed by atoms with Crippen LogP contribution in [-0.2, 0) is 38.0 Å². The Kier molecular flexibility index (Phi) is 10.1. The predicted octanol–water partition coefficient (Wildman–Crippen LogP) is 7.55. The van der Waals surface area contributed by atoms with Crippen molar-refractivity contribution >= 4 is 33.3 Å². The van der Waals surface area contributed by atoms with Gasteiger partial charge in [0.1, 0.15) is 29.5 Å². The zero-order chi connectivity index (χ0) is 36.3. The highest BCUT2D eigenvalue weighted by molar-refractivity contribution is 6.04. The van der Waals surface area contributed by atoms with Crippen molar-refractivity contribution in [2.45, 2.75) is 45.4 Å². The summed E-state index contributed by atoms with van der Waals surface area (Å²) in [7, 11) is 4.11. The van der Waals surface area contributed by atoms with E-state index in [-0.39, 0.29) is 6.61 Å². The van der Waals surface area contributed by atoms with Crippen LogP contribution in [-0.4, -0.2) is 76.8 Å². The highest BCUT2D eigenvalue weighted by atomic mass is 16.5. The average Bonchev–Trinajstić information content (AvgIpc) is 3.66. The van der Waals surface area contributed by atoms with Gasteiger partial charge in [-0.25, -0.2) is 4.79 Å². The molecule has 274 valence electrons. The van der Waals surface area contributed by atoms with Gasteiger partial charge in [-0.05, 0) is 74.0 Å². The number of benzene rings is 4. The maximum absolute atomic E-state index is 13.1. The molecule has 0 bridgehead atoms. The summed E-state index contributed by atoms with van der Waals surface area (Å²) in [5.74, 6) is 0.698. The summed E-state index contributed by atoms with van der Waals surface area (Å²) < 4.78 is 22.8. The van der Waals surface area contributed by atoms with Crippen LogP contribution in [0.2, 0.25) is 0 Å². The first-order valence-electron chi connectivity index (χ1n) is 18.7. The molecule has 0 aliphatic carbocycles. The molecule has 4 heterocycles. The van der Waals surface area contributed by atoms with Crippen LogP contribution in [0.25, 0.3) is 32.8 Å². The van der Waals surface area contributed by atoms with Crippen molar-refractivity contribution in [3.05, 3.63) is 108 Å². The van der Waals surface area contributed by atoms with E-state index < -0.39 is 5.97 Å². The van der Waals surface area contributed by atoms with Crippen LogP contribution in [0.15, 0.2) is 84.9 Å². The lowest BCUT2D eigenvalue weighted by atomic mass is 9.98. The van der Waals surface area contributed by atoms with E-state index in [9.17, 15) is 9.90 Å². The van der Waals surface area contributed by atoms with Gasteiger partial charge in [0.25, 0.3) is 0 Å². The van der Waals surface area contributed by atoms with Crippen molar-refractivity contribution in [1.82, 2.24) is 19.2 Å². The van der Waals surface area contributed by atoms with Crippen molar-refractivity contribution in [3.63, 3.8) is 0 Å². The van der Waals surface area contributed by atoms with Gasteiger partial charge in [0.05, 0.1) is 24.4 Å². The Bertz CT molecular complexity index is 2230. The second-order valence-corrected chi connectivity index (χ2v) is 14.1. The molecule has 8 rings (SSSR count). The lowest BCUT2D eigenvalue weighted by molar-refractivity contribution is 0.0683. The molecule has 2 aliphatic rings. The lowest BCUT2D eigenvalue weighted by Gasteiger charge is -2.34. The van der Waals surface area contributed by atoms with E-state index in [0.29, 0.717) is 44.9 Å². The molecule has 53 heavy (non-hydrogen) atoms. The zero-order valence-electron chi connectivity index (χ0n) is 30.6. The number of carboxylic acid groups (broad SMARTS) is 1. The van der Waals surface area contributed by atoms with Crippen molar-refractivity contribution in [1.29, 1.82) is 0 Å². The SMILES string of the molecule is CN1CCN(c2ccc(OCc3nn(C)c4c3-c3cccc5c(CCCOc6cccc7ccccc67)c(C(=O)O)n(c35)CCCCOC4)cc2)CC1. The van der Waals surface area contributed by atoms with Crippen LogP contribution in [0.4, 0.5) is 5.69 Å². The number of nitrogens with zero attached hydrogens (tertiary/aromatic N) is 5. The van der Waals surface area contributed by atoms with Crippen LogP contribution in [0, 0.1) is 0 Å². The number of para-hydroxylation sites is 1. The number of carbonyl (C=O) groups is 1. The number of anilines is 1. The maximum atomic E-state index is 13.1. The van der Waals surface area contributed by atoms with Crippen LogP contribution in [0.3, 0.4) is 0 Å². The topological polar surface area (TPSA) is 94.2 Å². The second-order valence-electron chi connectivity index (χ2n) is 14.1. The van der Waals surface area contributed by atoms with Gasteiger partial charge in [-0.15, -0.1) is 0 Å². The first-order chi connectivity index (χ1) is 26.0. The molecule has 10 nitrogen and oxygen atoms in total. The summed E-state index contributed by atoms with van der Waals surface area (Å²) in [6.45, 7) is 6.42. The smallest absolute Gasteiger partial charge is 0.352 e. The highest BCUT2D eigenvalue weighted by Gasteiger charge is 2.28. The van der Waals surface area contributed by atoms with E-state index in [1.807, 2.05) is 58.8 Å². The number of fused-ring (bicyclic) bond motifs is 3. The number of carboxylic acids is 1. The predicted molar refractivity (Wildman–Crippen MR) is 208 cm³/mol. The van der Waals surface area contributed by atoms with E-state index in [4.69, 9.17) is 19.3 Å². The summed E-state index contributed by atoms with van der Waals surface area (Å²) in [6.07, 6.45) is 2.87. The molecule has 2 aliphatic heterocycles. The molecule has 4 aromatic carbocycles. The molecule has 0 atom stereocenters. The molecule has 0 unspecified atom stereocenters. The van der Waals surface area contributed by atoms with E-state index >= 15 is 0 Å². The quantitative estimate of drug-likeness (QED) is 0.146. The molecule has 0 saturated carbocycles. The summed E-state index contributed by atoms with van der Waals surface area (Å²) >= 11 is 0. The molecular formula is C43H47N5O5. The van der Waals surface area contributed by atoms with Crippen molar-refractivity contribution < 1.29 is 24.1 Å². The number of rotatable bonds is 10. The molecule has 0 spiro atoms. The molecule has 2 aromatic heterocycles. The molecule has 1 saturated heterocycles.